The van der Waals surface area contributed by atoms with E-state index in [4.69, 9.17) is 0 Å². The summed E-state index contributed by atoms with van der Waals surface area (Å²) in [6.07, 6.45) is 2.38. The number of hydrogen-bond donors (Lipinski definition) is 4. The molecule has 1 aromatic carbocycles. The van der Waals surface area contributed by atoms with Gasteiger partial charge < -0.3 is 20.9 Å². The maximum absolute atomic E-state index is 12.4. The van der Waals surface area contributed by atoms with Gasteiger partial charge in [0.15, 0.2) is 0 Å². The number of H-pyrrole nitrogens is 1. The SMILES string of the molecule is CC1CCNCC1NC(=O)CNC(=O)c1c[nH]c2ccccc2c1=O.Cl. The van der Waals surface area contributed by atoms with E-state index in [0.29, 0.717) is 16.8 Å². The minimum absolute atomic E-state index is 0. The minimum atomic E-state index is -0.558. The van der Waals surface area contributed by atoms with Crippen LogP contribution >= 0.6 is 12.4 Å². The van der Waals surface area contributed by atoms with Crippen molar-refractivity contribution in [2.75, 3.05) is 19.6 Å². The summed E-state index contributed by atoms with van der Waals surface area (Å²) in [4.78, 5) is 39.6. The number of pyridine rings is 1. The first-order chi connectivity index (χ1) is 12.1. The van der Waals surface area contributed by atoms with Crippen molar-refractivity contribution in [2.24, 2.45) is 5.92 Å². The van der Waals surface area contributed by atoms with Crippen LogP contribution in [0.25, 0.3) is 10.9 Å². The average molecular weight is 379 g/mol. The summed E-state index contributed by atoms with van der Waals surface area (Å²) in [5.41, 5.74) is 0.317. The van der Waals surface area contributed by atoms with Crippen LogP contribution in [0, 0.1) is 5.92 Å². The largest absolute Gasteiger partial charge is 0.360 e. The van der Waals surface area contributed by atoms with E-state index in [0.717, 1.165) is 19.5 Å². The summed E-state index contributed by atoms with van der Waals surface area (Å²) in [5.74, 6) is -0.424. The first kappa shape index (κ1) is 19.9. The molecule has 0 saturated carbocycles. The second kappa shape index (κ2) is 8.82. The molecule has 2 atom stereocenters. The van der Waals surface area contributed by atoms with Crippen LogP contribution in [0.5, 0.6) is 0 Å². The van der Waals surface area contributed by atoms with E-state index in [1.54, 1.807) is 18.2 Å². The summed E-state index contributed by atoms with van der Waals surface area (Å²) < 4.78 is 0. The van der Waals surface area contributed by atoms with Crippen LogP contribution in [0.3, 0.4) is 0 Å². The standard InChI is InChI=1S/C18H22N4O3.ClH/c1-11-6-7-19-9-15(11)22-16(23)10-21-18(25)13-8-20-14-5-3-2-4-12(14)17(13)24;/h2-5,8,11,15,19H,6-7,9-10H2,1H3,(H,20,24)(H,21,25)(H,22,23);1H. The number of rotatable bonds is 4. The molecular formula is C18H23ClN4O3. The zero-order chi connectivity index (χ0) is 17.8. The van der Waals surface area contributed by atoms with Crippen LogP contribution in [-0.4, -0.2) is 42.5 Å². The van der Waals surface area contributed by atoms with Gasteiger partial charge in [-0.25, -0.2) is 0 Å². The Morgan fingerprint density at radius 2 is 2.04 bits per heavy atom. The van der Waals surface area contributed by atoms with Gasteiger partial charge in [0.1, 0.15) is 5.56 Å². The van der Waals surface area contributed by atoms with Crippen molar-refractivity contribution in [3.8, 4) is 0 Å². The Morgan fingerprint density at radius 1 is 1.27 bits per heavy atom. The molecule has 8 heteroatoms. The molecule has 1 aliphatic heterocycles. The molecule has 0 bridgehead atoms. The van der Waals surface area contributed by atoms with Gasteiger partial charge in [-0.3, -0.25) is 14.4 Å². The fraction of sp³-hybridized carbons (Fsp3) is 0.389. The van der Waals surface area contributed by atoms with Crippen LogP contribution in [-0.2, 0) is 4.79 Å². The number of carbonyl (C=O) groups excluding carboxylic acids is 2. The normalized spacial score (nSPS) is 19.4. The topological polar surface area (TPSA) is 103 Å². The number of aromatic amines is 1. The molecule has 26 heavy (non-hydrogen) atoms. The van der Waals surface area contributed by atoms with Crippen molar-refractivity contribution in [2.45, 2.75) is 19.4 Å². The smallest absolute Gasteiger partial charge is 0.257 e. The summed E-state index contributed by atoms with van der Waals surface area (Å²) in [5, 5.41) is 9.12. The van der Waals surface area contributed by atoms with E-state index in [2.05, 4.69) is 27.9 Å². The minimum Gasteiger partial charge on any atom is -0.360 e. The zero-order valence-corrected chi connectivity index (χ0v) is 15.3. The third-order valence-corrected chi connectivity index (χ3v) is 4.62. The number of para-hydroxylation sites is 1. The average Bonchev–Trinajstić information content (AvgIpc) is 2.62. The monoisotopic (exact) mass is 378 g/mol. The van der Waals surface area contributed by atoms with Gasteiger partial charge >= 0.3 is 0 Å². The van der Waals surface area contributed by atoms with E-state index in [-0.39, 0.29) is 41.9 Å². The number of halogens is 1. The highest BCUT2D eigenvalue weighted by Gasteiger charge is 2.22. The second-order valence-corrected chi connectivity index (χ2v) is 6.40. The fourth-order valence-corrected chi connectivity index (χ4v) is 3.03. The molecule has 4 N–H and O–H groups in total. The lowest BCUT2D eigenvalue weighted by molar-refractivity contribution is -0.121. The van der Waals surface area contributed by atoms with E-state index < -0.39 is 5.91 Å². The molecule has 1 aromatic heterocycles. The number of benzene rings is 1. The Morgan fingerprint density at radius 3 is 2.81 bits per heavy atom. The molecule has 0 spiro atoms. The van der Waals surface area contributed by atoms with Crippen molar-refractivity contribution in [1.29, 1.82) is 0 Å². The predicted molar refractivity (Wildman–Crippen MR) is 103 cm³/mol. The maximum Gasteiger partial charge on any atom is 0.257 e. The number of fused-ring (bicyclic) bond motifs is 1. The molecule has 2 amide bonds. The Balaban J connectivity index is 0.00000243. The highest BCUT2D eigenvalue weighted by atomic mass is 35.5. The molecule has 1 aliphatic rings. The van der Waals surface area contributed by atoms with E-state index in [1.165, 1.54) is 6.20 Å². The molecule has 2 unspecified atom stereocenters. The molecule has 2 heterocycles. The third-order valence-electron chi connectivity index (χ3n) is 4.62. The van der Waals surface area contributed by atoms with Crippen molar-refractivity contribution in [3.63, 3.8) is 0 Å². The molecule has 7 nitrogen and oxygen atoms in total. The molecule has 2 aromatic rings. The lowest BCUT2D eigenvalue weighted by Gasteiger charge is -2.30. The molecule has 0 aliphatic carbocycles. The van der Waals surface area contributed by atoms with Crippen LogP contribution in [0.4, 0.5) is 0 Å². The zero-order valence-electron chi connectivity index (χ0n) is 14.5. The van der Waals surface area contributed by atoms with Crippen molar-refractivity contribution in [1.82, 2.24) is 20.9 Å². The number of nitrogens with one attached hydrogen (secondary N) is 4. The van der Waals surface area contributed by atoms with Gasteiger partial charge in [0.2, 0.25) is 11.3 Å². The van der Waals surface area contributed by atoms with E-state index >= 15 is 0 Å². The summed E-state index contributed by atoms with van der Waals surface area (Å²) in [6, 6.07) is 7.04. The highest BCUT2D eigenvalue weighted by molar-refractivity contribution is 5.98. The van der Waals surface area contributed by atoms with Gasteiger partial charge in [-0.05, 0) is 31.0 Å². The second-order valence-electron chi connectivity index (χ2n) is 6.40. The lowest BCUT2D eigenvalue weighted by Crippen LogP contribution is -2.52. The van der Waals surface area contributed by atoms with Crippen molar-refractivity contribution < 1.29 is 9.59 Å². The third kappa shape index (κ3) is 4.42. The van der Waals surface area contributed by atoms with Gasteiger partial charge in [-0.2, -0.15) is 0 Å². The molecule has 3 rings (SSSR count). The Labute approximate surface area is 157 Å². The molecule has 1 saturated heterocycles. The highest BCUT2D eigenvalue weighted by Crippen LogP contribution is 2.11. The number of hydrogen-bond acceptors (Lipinski definition) is 4. The van der Waals surface area contributed by atoms with Crippen molar-refractivity contribution in [3.05, 3.63) is 46.2 Å². The van der Waals surface area contributed by atoms with Gasteiger partial charge in [-0.15, -0.1) is 12.4 Å². The fourth-order valence-electron chi connectivity index (χ4n) is 3.03. The number of piperidine rings is 1. The van der Waals surface area contributed by atoms with Crippen LogP contribution in [0.1, 0.15) is 23.7 Å². The molecule has 140 valence electrons. The quantitative estimate of drug-likeness (QED) is 0.631. The van der Waals surface area contributed by atoms with E-state index in [1.807, 2.05) is 6.07 Å². The van der Waals surface area contributed by atoms with Crippen LogP contribution in [0.15, 0.2) is 35.3 Å². The van der Waals surface area contributed by atoms with E-state index in [9.17, 15) is 14.4 Å². The molecule has 1 fully saturated rings. The van der Waals surface area contributed by atoms with Crippen molar-refractivity contribution >= 4 is 35.1 Å². The lowest BCUT2D eigenvalue weighted by atomic mass is 9.95. The summed E-state index contributed by atoms with van der Waals surface area (Å²) >= 11 is 0. The Hall–Kier alpha value is -2.38. The summed E-state index contributed by atoms with van der Waals surface area (Å²) in [6.45, 7) is 3.62. The summed E-state index contributed by atoms with van der Waals surface area (Å²) in [7, 11) is 0. The maximum atomic E-state index is 12.4. The van der Waals surface area contributed by atoms with Gasteiger partial charge in [0.05, 0.1) is 6.54 Å². The van der Waals surface area contributed by atoms with Gasteiger partial charge in [-0.1, -0.05) is 19.1 Å². The number of amides is 2. The molecular weight excluding hydrogens is 356 g/mol. The first-order valence-corrected chi connectivity index (χ1v) is 8.45. The van der Waals surface area contributed by atoms with Gasteiger partial charge in [0, 0.05) is 29.7 Å². The van der Waals surface area contributed by atoms with Gasteiger partial charge in [0.25, 0.3) is 5.91 Å². The van der Waals surface area contributed by atoms with Crippen LogP contribution in [0.2, 0.25) is 0 Å². The first-order valence-electron chi connectivity index (χ1n) is 8.45. The van der Waals surface area contributed by atoms with Crippen LogP contribution < -0.4 is 21.4 Å². The number of aromatic nitrogens is 1. The number of carbonyl (C=O) groups is 2. The predicted octanol–water partition coefficient (Wildman–Crippen LogP) is 0.794. The Kier molecular flexibility index (Phi) is 6.76. The Bertz CT molecular complexity index is 852. The molecule has 0 radical (unpaired) electrons.